The highest BCUT2D eigenvalue weighted by Gasteiger charge is 2.18. The van der Waals surface area contributed by atoms with Crippen molar-refractivity contribution in [2.24, 2.45) is 0 Å². The highest BCUT2D eigenvalue weighted by Crippen LogP contribution is 2.61. The Hall–Kier alpha value is 0.920. The zero-order valence-corrected chi connectivity index (χ0v) is 13.3. The van der Waals surface area contributed by atoms with Crippen molar-refractivity contribution in [3.05, 3.63) is 0 Å². The van der Waals surface area contributed by atoms with Gasteiger partial charge in [-0.1, -0.05) is 45.0 Å². The Kier molecular flexibility index (Phi) is 11.7. The summed E-state index contributed by atoms with van der Waals surface area (Å²) >= 11 is 7.23. The van der Waals surface area contributed by atoms with Crippen LogP contribution in [0, 0.1) is 0 Å². The summed E-state index contributed by atoms with van der Waals surface area (Å²) < 4.78 is 11.6. The molecule has 16 heavy (non-hydrogen) atoms. The predicted molar refractivity (Wildman–Crippen MR) is 78.8 cm³/mol. The van der Waals surface area contributed by atoms with Crippen LogP contribution in [0.5, 0.6) is 0 Å². The summed E-state index contributed by atoms with van der Waals surface area (Å²) in [6, 6.07) is 0. The summed E-state index contributed by atoms with van der Waals surface area (Å²) in [4.78, 5) is 0. The van der Waals surface area contributed by atoms with Crippen molar-refractivity contribution in [1.29, 1.82) is 0 Å². The molecule has 0 aromatic heterocycles. The molecule has 5 heteroatoms. The Balaban J connectivity index is 3.97. The minimum absolute atomic E-state index is 0.747. The number of unbranched alkanes of at least 4 members (excludes halogenated alkanes) is 2. The second kappa shape index (κ2) is 11.0. The van der Waals surface area contributed by atoms with Crippen LogP contribution in [0.25, 0.3) is 0 Å². The Morgan fingerprint density at radius 2 is 1.44 bits per heavy atom. The summed E-state index contributed by atoms with van der Waals surface area (Å²) in [5, 5.41) is 0. The van der Waals surface area contributed by atoms with Crippen molar-refractivity contribution in [3.8, 4) is 0 Å². The van der Waals surface area contributed by atoms with Crippen LogP contribution in [0.2, 0.25) is 0 Å². The van der Waals surface area contributed by atoms with E-state index in [0.717, 1.165) is 51.1 Å². The van der Waals surface area contributed by atoms with Crippen molar-refractivity contribution >= 4 is 28.9 Å². The fraction of sp³-hybridized carbons (Fsp3) is 1.00. The third kappa shape index (κ3) is 9.00. The van der Waals surface area contributed by atoms with Crippen molar-refractivity contribution in [2.45, 2.75) is 52.9 Å². The molecule has 0 fully saturated rings. The molecule has 0 unspecified atom stereocenters. The van der Waals surface area contributed by atoms with Gasteiger partial charge in [0.05, 0.1) is 13.2 Å². The van der Waals surface area contributed by atoms with Crippen LogP contribution in [-0.4, -0.2) is 19.0 Å². The largest absolute Gasteiger partial charge is 0.322 e. The van der Waals surface area contributed by atoms with Gasteiger partial charge in [0, 0.05) is 5.75 Å². The minimum atomic E-state index is -2.05. The molecule has 0 bridgehead atoms. The second-order valence-corrected chi connectivity index (χ2v) is 10.1. The topological polar surface area (TPSA) is 18.5 Å². The zero-order chi connectivity index (χ0) is 12.3. The monoisotopic (exact) mass is 284 g/mol. The van der Waals surface area contributed by atoms with Crippen LogP contribution in [0.15, 0.2) is 0 Å². The quantitative estimate of drug-likeness (QED) is 0.393. The smallest absolute Gasteiger partial charge is 0.247 e. The molecular weight excluding hydrogens is 259 g/mol. The first-order valence-corrected chi connectivity index (χ1v) is 10.4. The van der Waals surface area contributed by atoms with Gasteiger partial charge in [-0.05, 0) is 31.1 Å². The van der Waals surface area contributed by atoms with E-state index in [-0.39, 0.29) is 0 Å². The van der Waals surface area contributed by atoms with Gasteiger partial charge in [0.25, 0.3) is 0 Å². The highest BCUT2D eigenvalue weighted by atomic mass is 32.9. The Morgan fingerprint density at radius 1 is 0.938 bits per heavy atom. The van der Waals surface area contributed by atoms with Gasteiger partial charge in [-0.3, -0.25) is 0 Å². The average molecular weight is 284 g/mol. The van der Waals surface area contributed by atoms with E-state index < -0.39 is 5.69 Å². The molecule has 0 heterocycles. The van der Waals surface area contributed by atoms with E-state index in [1.807, 2.05) is 0 Å². The van der Waals surface area contributed by atoms with E-state index in [0.29, 0.717) is 0 Å². The molecule has 0 rings (SSSR count). The van der Waals surface area contributed by atoms with Gasteiger partial charge in [0.2, 0.25) is 5.69 Å². The first-order valence-electron chi connectivity index (χ1n) is 6.22. The maximum Gasteiger partial charge on any atom is 0.247 e. The lowest BCUT2D eigenvalue weighted by molar-refractivity contribution is 0.253. The summed E-state index contributed by atoms with van der Waals surface area (Å²) in [6.45, 7) is 7.96. The van der Waals surface area contributed by atoms with Crippen LogP contribution in [-0.2, 0) is 20.9 Å². The van der Waals surface area contributed by atoms with Crippen LogP contribution in [0.1, 0.15) is 52.9 Å². The fourth-order valence-corrected chi connectivity index (χ4v) is 5.52. The van der Waals surface area contributed by atoms with E-state index in [1.165, 1.54) is 0 Å². The van der Waals surface area contributed by atoms with Gasteiger partial charge in [-0.25, -0.2) is 0 Å². The Bertz CT molecular complexity index is 186. The molecule has 98 valence electrons. The molecule has 0 aromatic rings. The molecule has 0 aliphatic rings. The summed E-state index contributed by atoms with van der Waals surface area (Å²) in [7, 11) is 0. The lowest BCUT2D eigenvalue weighted by Gasteiger charge is -2.21. The van der Waals surface area contributed by atoms with Gasteiger partial charge in [0.15, 0.2) is 0 Å². The van der Waals surface area contributed by atoms with Crippen molar-refractivity contribution in [2.75, 3.05) is 19.0 Å². The van der Waals surface area contributed by atoms with Gasteiger partial charge in [-0.2, -0.15) is 0 Å². The normalized spacial score (nSPS) is 11.9. The fourth-order valence-electron chi connectivity index (χ4n) is 0.956. The van der Waals surface area contributed by atoms with Crippen LogP contribution >= 0.6 is 17.1 Å². The lowest BCUT2D eigenvalue weighted by atomic mass is 10.4. The molecular formula is C11H25O2PS2. The predicted octanol–water partition coefficient (Wildman–Crippen LogP) is 4.99. The Morgan fingerprint density at radius 3 is 1.81 bits per heavy atom. The molecule has 0 aliphatic heterocycles. The van der Waals surface area contributed by atoms with Crippen molar-refractivity contribution < 1.29 is 9.05 Å². The number of rotatable bonds is 11. The first-order chi connectivity index (χ1) is 7.68. The number of hydrogen-bond acceptors (Lipinski definition) is 4. The van der Waals surface area contributed by atoms with E-state index in [4.69, 9.17) is 20.9 Å². The zero-order valence-electron chi connectivity index (χ0n) is 10.7. The molecule has 0 aliphatic carbocycles. The molecule has 0 saturated heterocycles. The van der Waals surface area contributed by atoms with E-state index in [1.54, 1.807) is 11.4 Å². The minimum Gasteiger partial charge on any atom is -0.322 e. The third-order valence-electron chi connectivity index (χ3n) is 1.95. The van der Waals surface area contributed by atoms with Crippen molar-refractivity contribution in [3.63, 3.8) is 0 Å². The average Bonchev–Trinajstić information content (AvgIpc) is 2.27. The lowest BCUT2D eigenvalue weighted by Crippen LogP contribution is -1.97. The Labute approximate surface area is 110 Å². The van der Waals surface area contributed by atoms with Crippen molar-refractivity contribution in [1.82, 2.24) is 0 Å². The van der Waals surface area contributed by atoms with E-state index >= 15 is 0 Å². The SMILES string of the molecule is CCCCOP(=S)(OCCCC)SCCC. The molecule has 2 nitrogen and oxygen atoms in total. The second-order valence-electron chi connectivity index (χ2n) is 3.65. The maximum atomic E-state index is 5.79. The third-order valence-corrected chi connectivity index (χ3v) is 7.56. The van der Waals surface area contributed by atoms with Gasteiger partial charge >= 0.3 is 0 Å². The van der Waals surface area contributed by atoms with Gasteiger partial charge < -0.3 is 9.05 Å². The molecule has 0 atom stereocenters. The molecule has 0 N–H and O–H groups in total. The van der Waals surface area contributed by atoms with Crippen LogP contribution in [0.3, 0.4) is 0 Å². The van der Waals surface area contributed by atoms with Gasteiger partial charge in [-0.15, -0.1) is 0 Å². The molecule has 0 amide bonds. The molecule has 0 saturated carbocycles. The summed E-state index contributed by atoms with van der Waals surface area (Å²) in [5.41, 5.74) is -2.05. The maximum absolute atomic E-state index is 5.79. The van der Waals surface area contributed by atoms with Crippen LogP contribution in [0.4, 0.5) is 0 Å². The molecule has 0 radical (unpaired) electrons. The number of hydrogen-bond donors (Lipinski definition) is 0. The summed E-state index contributed by atoms with van der Waals surface area (Å²) in [6.07, 6.45) is 5.55. The summed E-state index contributed by atoms with van der Waals surface area (Å²) in [5.74, 6) is 1.04. The van der Waals surface area contributed by atoms with E-state index in [2.05, 4.69) is 20.8 Å². The first kappa shape index (κ1) is 16.9. The molecule has 0 aromatic carbocycles. The standard InChI is InChI=1S/C11H25O2PS2/c1-4-7-9-12-14(15,16-11-6-3)13-10-8-5-2/h4-11H2,1-3H3. The van der Waals surface area contributed by atoms with E-state index in [9.17, 15) is 0 Å². The molecule has 0 spiro atoms. The highest BCUT2D eigenvalue weighted by molar-refractivity contribution is 8.67. The van der Waals surface area contributed by atoms with Crippen LogP contribution < -0.4 is 0 Å². The van der Waals surface area contributed by atoms with Gasteiger partial charge in [0.1, 0.15) is 0 Å².